The first-order chi connectivity index (χ1) is 8.11. The first kappa shape index (κ1) is 11.8. The molecule has 0 saturated carbocycles. The molecule has 0 bridgehead atoms. The molecule has 1 saturated heterocycles. The van der Waals surface area contributed by atoms with E-state index in [1.165, 1.54) is 0 Å². The average Bonchev–Trinajstić information content (AvgIpc) is 2.75. The van der Waals surface area contributed by atoms with Crippen molar-refractivity contribution in [3.63, 3.8) is 0 Å². The van der Waals surface area contributed by atoms with Crippen molar-refractivity contribution in [2.45, 2.75) is 13.3 Å². The first-order valence-electron chi connectivity index (χ1n) is 5.84. The van der Waals surface area contributed by atoms with Crippen molar-refractivity contribution in [2.24, 2.45) is 5.92 Å². The Morgan fingerprint density at radius 1 is 1.53 bits per heavy atom. The normalized spacial score (nSPS) is 19.4. The Balaban J connectivity index is 2.17. The molecule has 1 aromatic rings. The van der Waals surface area contributed by atoms with Crippen molar-refractivity contribution in [3.8, 4) is 5.75 Å². The summed E-state index contributed by atoms with van der Waals surface area (Å²) in [5.41, 5.74) is 6.94. The van der Waals surface area contributed by atoms with Gasteiger partial charge in [0.25, 0.3) is 5.91 Å². The Labute approximate surface area is 101 Å². The summed E-state index contributed by atoms with van der Waals surface area (Å²) < 4.78 is 5.07. The number of methoxy groups -OCH3 is 1. The highest BCUT2D eigenvalue weighted by Crippen LogP contribution is 2.24. The smallest absolute Gasteiger partial charge is 0.253 e. The van der Waals surface area contributed by atoms with E-state index < -0.39 is 0 Å². The highest BCUT2D eigenvalue weighted by Gasteiger charge is 2.24. The molecular formula is C13H18N2O2. The summed E-state index contributed by atoms with van der Waals surface area (Å²) >= 11 is 0. The van der Waals surface area contributed by atoms with Gasteiger partial charge in [-0.1, -0.05) is 6.92 Å². The van der Waals surface area contributed by atoms with Crippen LogP contribution in [0.3, 0.4) is 0 Å². The minimum Gasteiger partial charge on any atom is -0.495 e. The summed E-state index contributed by atoms with van der Waals surface area (Å²) in [5.74, 6) is 1.26. The third kappa shape index (κ3) is 2.35. The van der Waals surface area contributed by atoms with Crippen LogP contribution in [0.25, 0.3) is 0 Å². The van der Waals surface area contributed by atoms with Crippen LogP contribution in [-0.2, 0) is 0 Å². The molecule has 0 radical (unpaired) electrons. The molecule has 1 atom stereocenters. The molecule has 17 heavy (non-hydrogen) atoms. The third-order valence-electron chi connectivity index (χ3n) is 3.19. The van der Waals surface area contributed by atoms with Crippen molar-refractivity contribution < 1.29 is 9.53 Å². The number of nitrogens with zero attached hydrogens (tertiary/aromatic N) is 1. The van der Waals surface area contributed by atoms with Crippen LogP contribution in [0.4, 0.5) is 5.69 Å². The number of carbonyl (C=O) groups is 1. The van der Waals surface area contributed by atoms with Crippen LogP contribution in [0.15, 0.2) is 18.2 Å². The van der Waals surface area contributed by atoms with E-state index in [1.54, 1.807) is 25.3 Å². The standard InChI is InChI=1S/C13H18N2O2/c1-9-5-6-15(8-9)13(16)10-3-4-12(17-2)11(14)7-10/h3-4,7,9H,5-6,8,14H2,1-2H3. The molecule has 1 heterocycles. The lowest BCUT2D eigenvalue weighted by Gasteiger charge is -2.16. The van der Waals surface area contributed by atoms with Crippen LogP contribution in [0.2, 0.25) is 0 Å². The van der Waals surface area contributed by atoms with Crippen molar-refractivity contribution in [2.75, 3.05) is 25.9 Å². The van der Waals surface area contributed by atoms with Gasteiger partial charge >= 0.3 is 0 Å². The van der Waals surface area contributed by atoms with Gasteiger partial charge in [-0.3, -0.25) is 4.79 Å². The van der Waals surface area contributed by atoms with Gasteiger partial charge < -0.3 is 15.4 Å². The van der Waals surface area contributed by atoms with Gasteiger partial charge in [0.1, 0.15) is 5.75 Å². The minimum atomic E-state index is 0.0590. The Hall–Kier alpha value is -1.71. The Morgan fingerprint density at radius 2 is 2.29 bits per heavy atom. The molecule has 2 rings (SSSR count). The Bertz CT molecular complexity index is 431. The van der Waals surface area contributed by atoms with Crippen LogP contribution >= 0.6 is 0 Å². The van der Waals surface area contributed by atoms with Gasteiger partial charge in [0, 0.05) is 18.7 Å². The van der Waals surface area contributed by atoms with E-state index in [0.29, 0.717) is 22.9 Å². The number of hydrogen-bond donors (Lipinski definition) is 1. The molecular weight excluding hydrogens is 216 g/mol. The SMILES string of the molecule is COc1ccc(C(=O)N2CCC(C)C2)cc1N. The first-order valence-corrected chi connectivity index (χ1v) is 5.84. The summed E-state index contributed by atoms with van der Waals surface area (Å²) in [6.07, 6.45) is 1.08. The van der Waals surface area contributed by atoms with Gasteiger partial charge in [-0.15, -0.1) is 0 Å². The van der Waals surface area contributed by atoms with Gasteiger partial charge in [-0.05, 0) is 30.5 Å². The zero-order valence-corrected chi connectivity index (χ0v) is 10.3. The number of anilines is 1. The molecule has 1 aliphatic heterocycles. The van der Waals surface area contributed by atoms with Crippen LogP contribution < -0.4 is 10.5 Å². The van der Waals surface area contributed by atoms with E-state index >= 15 is 0 Å². The Kier molecular flexibility index (Phi) is 3.22. The maximum atomic E-state index is 12.2. The average molecular weight is 234 g/mol. The maximum absolute atomic E-state index is 12.2. The van der Waals surface area contributed by atoms with Gasteiger partial charge in [0.2, 0.25) is 0 Å². The molecule has 4 heteroatoms. The third-order valence-corrected chi connectivity index (χ3v) is 3.19. The van der Waals surface area contributed by atoms with Crippen molar-refractivity contribution in [1.29, 1.82) is 0 Å². The molecule has 0 aliphatic carbocycles. The lowest BCUT2D eigenvalue weighted by Crippen LogP contribution is -2.28. The van der Waals surface area contributed by atoms with E-state index in [2.05, 4.69) is 6.92 Å². The molecule has 0 spiro atoms. The van der Waals surface area contributed by atoms with Gasteiger partial charge in [-0.25, -0.2) is 0 Å². The molecule has 0 aromatic heterocycles. The second kappa shape index (κ2) is 4.65. The highest BCUT2D eigenvalue weighted by molar-refractivity contribution is 5.95. The van der Waals surface area contributed by atoms with Crippen LogP contribution in [0.1, 0.15) is 23.7 Å². The second-order valence-electron chi connectivity index (χ2n) is 4.60. The van der Waals surface area contributed by atoms with Crippen molar-refractivity contribution in [3.05, 3.63) is 23.8 Å². The van der Waals surface area contributed by atoms with Gasteiger partial charge in [0.15, 0.2) is 0 Å². The number of amides is 1. The number of ether oxygens (including phenoxy) is 1. The number of nitrogens with two attached hydrogens (primary N) is 1. The largest absolute Gasteiger partial charge is 0.495 e. The monoisotopic (exact) mass is 234 g/mol. The van der Waals surface area contributed by atoms with E-state index in [4.69, 9.17) is 10.5 Å². The highest BCUT2D eigenvalue weighted by atomic mass is 16.5. The topological polar surface area (TPSA) is 55.6 Å². The lowest BCUT2D eigenvalue weighted by molar-refractivity contribution is 0.0788. The number of rotatable bonds is 2. The van der Waals surface area contributed by atoms with Crippen molar-refractivity contribution >= 4 is 11.6 Å². The summed E-state index contributed by atoms with van der Waals surface area (Å²) in [4.78, 5) is 14.1. The fourth-order valence-electron chi connectivity index (χ4n) is 2.17. The van der Waals surface area contributed by atoms with Crippen LogP contribution in [-0.4, -0.2) is 31.0 Å². The van der Waals surface area contributed by atoms with Crippen LogP contribution in [0, 0.1) is 5.92 Å². The second-order valence-corrected chi connectivity index (χ2v) is 4.60. The molecule has 1 fully saturated rings. The predicted octanol–water partition coefficient (Wildman–Crippen LogP) is 1.76. The zero-order valence-electron chi connectivity index (χ0n) is 10.3. The molecule has 1 aliphatic rings. The molecule has 4 nitrogen and oxygen atoms in total. The number of carbonyl (C=O) groups excluding carboxylic acids is 1. The molecule has 92 valence electrons. The van der Waals surface area contributed by atoms with Crippen LogP contribution in [0.5, 0.6) is 5.75 Å². The molecule has 2 N–H and O–H groups in total. The number of nitrogen functional groups attached to an aromatic ring is 1. The summed E-state index contributed by atoms with van der Waals surface area (Å²) in [5, 5.41) is 0. The van der Waals surface area contributed by atoms with Gasteiger partial charge in [0.05, 0.1) is 12.8 Å². The lowest BCUT2D eigenvalue weighted by atomic mass is 10.1. The molecule has 1 amide bonds. The summed E-state index contributed by atoms with van der Waals surface area (Å²) in [6.45, 7) is 3.84. The van der Waals surface area contributed by atoms with Crippen molar-refractivity contribution in [1.82, 2.24) is 4.90 Å². The van der Waals surface area contributed by atoms with Gasteiger partial charge in [-0.2, -0.15) is 0 Å². The number of likely N-dealkylation sites (tertiary alicyclic amines) is 1. The van der Waals surface area contributed by atoms with E-state index in [0.717, 1.165) is 19.5 Å². The number of benzene rings is 1. The fraction of sp³-hybridized carbons (Fsp3) is 0.462. The fourth-order valence-corrected chi connectivity index (χ4v) is 2.17. The Morgan fingerprint density at radius 3 is 2.82 bits per heavy atom. The number of hydrogen-bond acceptors (Lipinski definition) is 3. The minimum absolute atomic E-state index is 0.0590. The maximum Gasteiger partial charge on any atom is 0.253 e. The van der Waals surface area contributed by atoms with E-state index in [1.807, 2.05) is 4.90 Å². The summed E-state index contributed by atoms with van der Waals surface area (Å²) in [6, 6.07) is 5.19. The predicted molar refractivity (Wildman–Crippen MR) is 67.1 cm³/mol. The van der Waals surface area contributed by atoms with E-state index in [9.17, 15) is 4.79 Å². The molecule has 1 aromatic carbocycles. The quantitative estimate of drug-likeness (QED) is 0.793. The molecule has 1 unspecified atom stereocenters. The zero-order chi connectivity index (χ0) is 12.4. The summed E-state index contributed by atoms with van der Waals surface area (Å²) in [7, 11) is 1.56. The van der Waals surface area contributed by atoms with E-state index in [-0.39, 0.29) is 5.91 Å².